The van der Waals surface area contributed by atoms with Gasteiger partial charge in [0.1, 0.15) is 5.75 Å². The molecule has 2 rings (SSSR count). The first kappa shape index (κ1) is 17.3. The average molecular weight is 319 g/mol. The summed E-state index contributed by atoms with van der Waals surface area (Å²) in [6.45, 7) is -0.436. The number of ether oxygens (including phenoxy) is 2. The van der Waals surface area contributed by atoms with E-state index in [9.17, 15) is 9.59 Å². The topological polar surface area (TPSA) is 64.6 Å². The first-order valence-electron chi connectivity index (χ1n) is 8.37. The van der Waals surface area contributed by atoms with Gasteiger partial charge in [-0.25, -0.2) is 4.79 Å². The Hall–Kier alpha value is -2.04. The van der Waals surface area contributed by atoms with Crippen LogP contribution < -0.4 is 10.1 Å². The zero-order valence-electron chi connectivity index (χ0n) is 13.5. The summed E-state index contributed by atoms with van der Waals surface area (Å²) >= 11 is 0. The zero-order chi connectivity index (χ0) is 16.3. The molecule has 0 heterocycles. The fourth-order valence-electron chi connectivity index (χ4n) is 2.72. The predicted molar refractivity (Wildman–Crippen MR) is 87.1 cm³/mol. The van der Waals surface area contributed by atoms with Crippen LogP contribution in [-0.4, -0.2) is 31.1 Å². The molecule has 1 saturated carbocycles. The van der Waals surface area contributed by atoms with Crippen LogP contribution in [-0.2, 0) is 14.3 Å². The maximum atomic E-state index is 11.9. The molecule has 1 aromatic carbocycles. The van der Waals surface area contributed by atoms with Crippen molar-refractivity contribution in [2.75, 3.05) is 13.2 Å². The Morgan fingerprint density at radius 1 is 0.957 bits per heavy atom. The molecule has 23 heavy (non-hydrogen) atoms. The van der Waals surface area contributed by atoms with Crippen molar-refractivity contribution in [1.82, 2.24) is 5.32 Å². The number of nitrogens with one attached hydrogen (secondary N) is 1. The first-order chi connectivity index (χ1) is 11.2. The van der Waals surface area contributed by atoms with E-state index in [1.165, 1.54) is 19.3 Å². The second-order valence-electron chi connectivity index (χ2n) is 5.87. The summed E-state index contributed by atoms with van der Waals surface area (Å²) in [4.78, 5) is 23.4. The molecule has 1 aliphatic carbocycles. The lowest BCUT2D eigenvalue weighted by molar-refractivity contribution is -0.150. The smallest absolute Gasteiger partial charge is 0.344 e. The van der Waals surface area contributed by atoms with Crippen molar-refractivity contribution in [3.8, 4) is 5.75 Å². The van der Waals surface area contributed by atoms with Crippen LogP contribution in [0.1, 0.15) is 44.9 Å². The van der Waals surface area contributed by atoms with E-state index in [0.29, 0.717) is 5.75 Å². The largest absolute Gasteiger partial charge is 0.482 e. The standard InChI is InChI=1S/C18H25NO4/c20-17(19-15-9-5-2-1-3-6-10-15)13-23-18(21)14-22-16-11-7-4-8-12-16/h4,7-8,11-12,15H,1-3,5-6,9-10,13-14H2,(H,19,20). The summed E-state index contributed by atoms with van der Waals surface area (Å²) in [6, 6.07) is 9.24. The molecule has 0 atom stereocenters. The summed E-state index contributed by atoms with van der Waals surface area (Å²) in [5.74, 6) is -0.172. The van der Waals surface area contributed by atoms with Gasteiger partial charge in [0.2, 0.25) is 0 Å². The molecule has 0 unspecified atom stereocenters. The van der Waals surface area contributed by atoms with E-state index in [1.54, 1.807) is 12.1 Å². The van der Waals surface area contributed by atoms with Crippen LogP contribution in [0.15, 0.2) is 30.3 Å². The molecule has 5 heteroatoms. The van der Waals surface area contributed by atoms with Gasteiger partial charge in [0.05, 0.1) is 0 Å². The van der Waals surface area contributed by atoms with E-state index in [1.807, 2.05) is 18.2 Å². The lowest BCUT2D eigenvalue weighted by Gasteiger charge is -2.20. The predicted octanol–water partition coefficient (Wildman–Crippen LogP) is 2.84. The molecular weight excluding hydrogens is 294 g/mol. The highest BCUT2D eigenvalue weighted by molar-refractivity contribution is 5.81. The zero-order valence-corrected chi connectivity index (χ0v) is 13.5. The minimum atomic E-state index is -0.540. The number of hydrogen-bond acceptors (Lipinski definition) is 4. The van der Waals surface area contributed by atoms with Crippen molar-refractivity contribution in [2.24, 2.45) is 0 Å². The van der Waals surface area contributed by atoms with Crippen LogP contribution in [0, 0.1) is 0 Å². The Morgan fingerprint density at radius 3 is 2.30 bits per heavy atom. The van der Waals surface area contributed by atoms with Gasteiger partial charge in [-0.1, -0.05) is 50.3 Å². The monoisotopic (exact) mass is 319 g/mol. The summed E-state index contributed by atoms with van der Waals surface area (Å²) in [7, 11) is 0. The van der Waals surface area contributed by atoms with Gasteiger partial charge in [-0.2, -0.15) is 0 Å². The molecule has 1 amide bonds. The Balaban J connectivity index is 1.62. The summed E-state index contributed by atoms with van der Waals surface area (Å²) < 4.78 is 10.2. The van der Waals surface area contributed by atoms with E-state index in [4.69, 9.17) is 9.47 Å². The fraction of sp³-hybridized carbons (Fsp3) is 0.556. The molecular formula is C18H25NO4. The molecule has 0 spiro atoms. The van der Waals surface area contributed by atoms with Gasteiger partial charge in [0.15, 0.2) is 13.2 Å². The van der Waals surface area contributed by atoms with Crippen LogP contribution in [0.5, 0.6) is 5.75 Å². The van der Waals surface area contributed by atoms with Crippen molar-refractivity contribution in [2.45, 2.75) is 51.0 Å². The van der Waals surface area contributed by atoms with Crippen molar-refractivity contribution in [1.29, 1.82) is 0 Å². The lowest BCUT2D eigenvalue weighted by atomic mass is 9.97. The van der Waals surface area contributed by atoms with E-state index < -0.39 is 5.97 Å². The molecule has 0 radical (unpaired) electrons. The van der Waals surface area contributed by atoms with E-state index >= 15 is 0 Å². The number of amides is 1. The third kappa shape index (κ3) is 7.17. The quantitative estimate of drug-likeness (QED) is 0.819. The Kier molecular flexibility index (Phi) is 7.43. The normalized spacial score (nSPS) is 16.0. The van der Waals surface area contributed by atoms with Crippen molar-refractivity contribution < 1.29 is 19.1 Å². The SMILES string of the molecule is O=C(COC(=O)COc1ccccc1)NC1CCCCCCC1. The van der Waals surface area contributed by atoms with Gasteiger partial charge in [-0.05, 0) is 25.0 Å². The Labute approximate surface area is 137 Å². The van der Waals surface area contributed by atoms with Gasteiger partial charge in [0.25, 0.3) is 5.91 Å². The molecule has 0 aliphatic heterocycles. The number of para-hydroxylation sites is 1. The minimum Gasteiger partial charge on any atom is -0.482 e. The van der Waals surface area contributed by atoms with Crippen LogP contribution in [0.25, 0.3) is 0 Å². The van der Waals surface area contributed by atoms with Crippen LogP contribution in [0.2, 0.25) is 0 Å². The van der Waals surface area contributed by atoms with E-state index in [2.05, 4.69) is 5.32 Å². The second-order valence-corrected chi connectivity index (χ2v) is 5.87. The maximum Gasteiger partial charge on any atom is 0.344 e. The molecule has 126 valence electrons. The third-order valence-corrected chi connectivity index (χ3v) is 3.93. The lowest BCUT2D eigenvalue weighted by Crippen LogP contribution is -2.38. The Morgan fingerprint density at radius 2 is 1.61 bits per heavy atom. The molecule has 0 aromatic heterocycles. The molecule has 1 aliphatic rings. The maximum absolute atomic E-state index is 11.9. The van der Waals surface area contributed by atoms with E-state index in [-0.39, 0.29) is 25.2 Å². The van der Waals surface area contributed by atoms with Crippen molar-refractivity contribution in [3.63, 3.8) is 0 Å². The second kappa shape index (κ2) is 9.87. The van der Waals surface area contributed by atoms with Gasteiger partial charge in [-0.15, -0.1) is 0 Å². The molecule has 1 fully saturated rings. The minimum absolute atomic E-state index is 0.194. The third-order valence-electron chi connectivity index (χ3n) is 3.93. The number of rotatable bonds is 6. The number of hydrogen-bond donors (Lipinski definition) is 1. The number of carbonyl (C=O) groups excluding carboxylic acids is 2. The highest BCUT2D eigenvalue weighted by atomic mass is 16.6. The molecule has 1 aromatic rings. The fourth-order valence-corrected chi connectivity index (χ4v) is 2.72. The summed E-state index contributed by atoms with van der Waals surface area (Å²) in [6.07, 6.45) is 8.08. The summed E-state index contributed by atoms with van der Waals surface area (Å²) in [5, 5.41) is 2.96. The van der Waals surface area contributed by atoms with Crippen LogP contribution >= 0.6 is 0 Å². The van der Waals surface area contributed by atoms with Gasteiger partial charge in [-0.3, -0.25) is 4.79 Å². The van der Waals surface area contributed by atoms with Crippen LogP contribution in [0.3, 0.4) is 0 Å². The average Bonchev–Trinajstić information content (AvgIpc) is 2.54. The number of esters is 1. The first-order valence-corrected chi connectivity index (χ1v) is 8.37. The molecule has 0 saturated heterocycles. The van der Waals surface area contributed by atoms with Gasteiger partial charge >= 0.3 is 5.97 Å². The highest BCUT2D eigenvalue weighted by Gasteiger charge is 2.15. The molecule has 5 nitrogen and oxygen atoms in total. The van der Waals surface area contributed by atoms with Crippen molar-refractivity contribution in [3.05, 3.63) is 30.3 Å². The van der Waals surface area contributed by atoms with Gasteiger partial charge in [0, 0.05) is 6.04 Å². The highest BCUT2D eigenvalue weighted by Crippen LogP contribution is 2.17. The Bertz CT molecular complexity index is 481. The van der Waals surface area contributed by atoms with Crippen LogP contribution in [0.4, 0.5) is 0 Å². The van der Waals surface area contributed by atoms with Crippen molar-refractivity contribution >= 4 is 11.9 Å². The van der Waals surface area contributed by atoms with Gasteiger partial charge < -0.3 is 14.8 Å². The number of carbonyl (C=O) groups is 2. The number of benzene rings is 1. The summed E-state index contributed by atoms with van der Waals surface area (Å²) in [5.41, 5.74) is 0. The van der Waals surface area contributed by atoms with E-state index in [0.717, 1.165) is 25.7 Å². The molecule has 0 bridgehead atoms. The molecule has 1 N–H and O–H groups in total.